The van der Waals surface area contributed by atoms with Gasteiger partial charge in [-0.15, -0.1) is 0 Å². The van der Waals surface area contributed by atoms with Crippen molar-refractivity contribution in [2.24, 2.45) is 23.7 Å². The van der Waals surface area contributed by atoms with Crippen LogP contribution in [-0.2, 0) is 12.8 Å². The van der Waals surface area contributed by atoms with Gasteiger partial charge in [-0.3, -0.25) is 0 Å². The Labute approximate surface area is 196 Å². The van der Waals surface area contributed by atoms with Crippen LogP contribution >= 0.6 is 0 Å². The van der Waals surface area contributed by atoms with Gasteiger partial charge in [-0.05, 0) is 91.6 Å². The zero-order valence-corrected chi connectivity index (χ0v) is 20.7. The van der Waals surface area contributed by atoms with Gasteiger partial charge < -0.3 is 0 Å². The van der Waals surface area contributed by atoms with Crippen LogP contribution in [0.1, 0.15) is 108 Å². The number of hydrogen-bond acceptors (Lipinski definition) is 0. The fraction of sp³-hybridized carbons (Fsp3) is 0.677. The molecule has 4 rings (SSSR count). The highest BCUT2D eigenvalue weighted by Gasteiger charge is 2.30. The van der Waals surface area contributed by atoms with Crippen molar-refractivity contribution in [3.63, 3.8) is 0 Å². The van der Waals surface area contributed by atoms with E-state index < -0.39 is 0 Å². The topological polar surface area (TPSA) is 0 Å². The third-order valence-electron chi connectivity index (χ3n) is 9.02. The predicted octanol–water partition coefficient (Wildman–Crippen LogP) is 9.67. The van der Waals surface area contributed by atoms with E-state index in [1.807, 2.05) is 12.1 Å². The first-order valence-corrected chi connectivity index (χ1v) is 13.9. The summed E-state index contributed by atoms with van der Waals surface area (Å²) in [7, 11) is 0. The van der Waals surface area contributed by atoms with Gasteiger partial charge in [0.15, 0.2) is 0 Å². The standard InChI is InChI=1S/C31H45F/c1-3-5-6-7-28-19-20-29-22-25(14-21-30(29)31(28)32)9-8-24-12-17-27(18-13-24)26-15-10-23(4-2)11-16-26/h14,19-24,26-27H,3-13,15-18H2,1-2H3. The highest BCUT2D eigenvalue weighted by molar-refractivity contribution is 5.84. The third kappa shape index (κ3) is 5.95. The van der Waals surface area contributed by atoms with Gasteiger partial charge in [0.1, 0.15) is 5.82 Å². The van der Waals surface area contributed by atoms with Gasteiger partial charge in [0.05, 0.1) is 0 Å². The summed E-state index contributed by atoms with van der Waals surface area (Å²) in [5.74, 6) is 3.97. The Bertz CT molecular complexity index is 837. The molecule has 0 atom stereocenters. The van der Waals surface area contributed by atoms with Crippen LogP contribution in [0.25, 0.3) is 10.8 Å². The molecule has 0 radical (unpaired) electrons. The fourth-order valence-corrected chi connectivity index (χ4v) is 6.69. The summed E-state index contributed by atoms with van der Waals surface area (Å²) in [4.78, 5) is 0. The number of rotatable bonds is 9. The molecule has 0 aromatic heterocycles. The quantitative estimate of drug-likeness (QED) is 0.343. The number of benzene rings is 2. The zero-order chi connectivity index (χ0) is 22.3. The minimum absolute atomic E-state index is 0.0106. The van der Waals surface area contributed by atoms with E-state index in [2.05, 4.69) is 32.0 Å². The first-order chi connectivity index (χ1) is 15.7. The molecule has 176 valence electrons. The molecular formula is C31H45F. The van der Waals surface area contributed by atoms with Crippen molar-refractivity contribution in [2.75, 3.05) is 0 Å². The lowest BCUT2D eigenvalue weighted by atomic mass is 9.68. The molecule has 0 spiro atoms. The summed E-state index contributed by atoms with van der Waals surface area (Å²) >= 11 is 0. The maximum Gasteiger partial charge on any atom is 0.134 e. The number of aryl methyl sites for hydroxylation is 2. The van der Waals surface area contributed by atoms with Crippen LogP contribution in [0.4, 0.5) is 4.39 Å². The molecule has 0 saturated heterocycles. The molecule has 0 amide bonds. The van der Waals surface area contributed by atoms with Crippen LogP contribution in [0.5, 0.6) is 0 Å². The van der Waals surface area contributed by atoms with Crippen LogP contribution in [0.15, 0.2) is 30.3 Å². The summed E-state index contributed by atoms with van der Waals surface area (Å²) in [6.07, 6.45) is 19.9. The number of fused-ring (bicyclic) bond motifs is 1. The van der Waals surface area contributed by atoms with Crippen LogP contribution in [0, 0.1) is 29.5 Å². The lowest BCUT2D eigenvalue weighted by molar-refractivity contribution is 0.142. The second-order valence-electron chi connectivity index (χ2n) is 11.1. The van der Waals surface area contributed by atoms with Crippen molar-refractivity contribution in [2.45, 2.75) is 110 Å². The number of hydrogen-bond donors (Lipinski definition) is 0. The Morgan fingerprint density at radius 2 is 1.44 bits per heavy atom. The molecular weight excluding hydrogens is 391 g/mol. The Balaban J connectivity index is 1.26. The van der Waals surface area contributed by atoms with Crippen molar-refractivity contribution in [1.82, 2.24) is 0 Å². The van der Waals surface area contributed by atoms with Crippen molar-refractivity contribution in [1.29, 1.82) is 0 Å². The average molecular weight is 437 g/mol. The first kappa shape index (κ1) is 23.8. The summed E-state index contributed by atoms with van der Waals surface area (Å²) in [5, 5.41) is 1.88. The Hall–Kier alpha value is -1.37. The van der Waals surface area contributed by atoms with Gasteiger partial charge in [-0.1, -0.05) is 89.1 Å². The minimum atomic E-state index is 0.0106. The zero-order valence-electron chi connectivity index (χ0n) is 20.7. The van der Waals surface area contributed by atoms with E-state index in [0.29, 0.717) is 0 Å². The Morgan fingerprint density at radius 3 is 2.09 bits per heavy atom. The maximum absolute atomic E-state index is 14.9. The van der Waals surface area contributed by atoms with Crippen LogP contribution < -0.4 is 0 Å². The molecule has 1 heteroatoms. The van der Waals surface area contributed by atoms with Crippen molar-refractivity contribution >= 4 is 10.8 Å². The molecule has 2 fully saturated rings. The van der Waals surface area contributed by atoms with Gasteiger partial charge >= 0.3 is 0 Å². The van der Waals surface area contributed by atoms with Gasteiger partial charge in [-0.25, -0.2) is 4.39 Å². The van der Waals surface area contributed by atoms with Crippen LogP contribution in [0.3, 0.4) is 0 Å². The van der Waals surface area contributed by atoms with E-state index in [1.165, 1.54) is 82.6 Å². The normalized spacial score (nSPS) is 26.5. The number of unbranched alkanes of at least 4 members (excludes halogenated alkanes) is 2. The molecule has 0 aliphatic heterocycles. The second-order valence-corrected chi connectivity index (χ2v) is 11.1. The minimum Gasteiger partial charge on any atom is -0.206 e. The Morgan fingerprint density at radius 1 is 0.750 bits per heavy atom. The third-order valence-corrected chi connectivity index (χ3v) is 9.02. The maximum atomic E-state index is 14.9. The SMILES string of the molecule is CCCCCc1ccc2cc(CCC3CCC(C4CCC(CC)CC4)CC3)ccc2c1F. The highest BCUT2D eigenvalue weighted by Crippen LogP contribution is 2.42. The van der Waals surface area contributed by atoms with Gasteiger partial charge in [0, 0.05) is 5.39 Å². The summed E-state index contributed by atoms with van der Waals surface area (Å²) < 4.78 is 14.9. The van der Waals surface area contributed by atoms with Gasteiger partial charge in [-0.2, -0.15) is 0 Å². The van der Waals surface area contributed by atoms with E-state index >= 15 is 0 Å². The Kier molecular flexibility index (Phi) is 8.67. The van der Waals surface area contributed by atoms with Gasteiger partial charge in [0.25, 0.3) is 0 Å². The molecule has 0 N–H and O–H groups in total. The lowest BCUT2D eigenvalue weighted by Gasteiger charge is -2.37. The summed E-state index contributed by atoms with van der Waals surface area (Å²) in [6.45, 7) is 4.57. The predicted molar refractivity (Wildman–Crippen MR) is 137 cm³/mol. The fourth-order valence-electron chi connectivity index (χ4n) is 6.69. The van der Waals surface area contributed by atoms with Gasteiger partial charge in [0.2, 0.25) is 0 Å². The molecule has 2 aliphatic carbocycles. The van der Waals surface area contributed by atoms with E-state index in [4.69, 9.17) is 0 Å². The number of halogens is 1. The highest BCUT2D eigenvalue weighted by atomic mass is 19.1. The van der Waals surface area contributed by atoms with E-state index in [0.717, 1.165) is 59.3 Å². The van der Waals surface area contributed by atoms with Crippen LogP contribution in [0.2, 0.25) is 0 Å². The van der Waals surface area contributed by atoms with Crippen molar-refractivity contribution in [3.8, 4) is 0 Å². The second kappa shape index (κ2) is 11.7. The largest absolute Gasteiger partial charge is 0.206 e. The molecule has 2 aromatic rings. The first-order valence-electron chi connectivity index (χ1n) is 13.9. The van der Waals surface area contributed by atoms with E-state index in [-0.39, 0.29) is 5.82 Å². The van der Waals surface area contributed by atoms with Crippen molar-refractivity contribution < 1.29 is 4.39 Å². The van der Waals surface area contributed by atoms with E-state index in [1.54, 1.807) is 0 Å². The average Bonchev–Trinajstić information content (AvgIpc) is 2.84. The van der Waals surface area contributed by atoms with Crippen LogP contribution in [-0.4, -0.2) is 0 Å². The monoisotopic (exact) mass is 436 g/mol. The molecule has 0 bridgehead atoms. The van der Waals surface area contributed by atoms with E-state index in [9.17, 15) is 4.39 Å². The smallest absolute Gasteiger partial charge is 0.134 e. The molecule has 32 heavy (non-hydrogen) atoms. The molecule has 0 unspecified atom stereocenters. The molecule has 2 saturated carbocycles. The van der Waals surface area contributed by atoms with Crippen molar-refractivity contribution in [3.05, 3.63) is 47.3 Å². The molecule has 0 nitrogen and oxygen atoms in total. The molecule has 2 aliphatic rings. The molecule has 0 heterocycles. The molecule has 2 aromatic carbocycles. The lowest BCUT2D eigenvalue weighted by Crippen LogP contribution is -2.25. The summed E-state index contributed by atoms with van der Waals surface area (Å²) in [6, 6.07) is 10.6. The summed E-state index contributed by atoms with van der Waals surface area (Å²) in [5.41, 5.74) is 2.27.